The Morgan fingerprint density at radius 2 is 1.82 bits per heavy atom. The number of carbonyl (C=O) groups is 2. The van der Waals surface area contributed by atoms with Crippen LogP contribution in [0.5, 0.6) is 0 Å². The van der Waals surface area contributed by atoms with Crippen molar-refractivity contribution in [2.24, 2.45) is 16.7 Å². The molecule has 0 saturated heterocycles. The highest BCUT2D eigenvalue weighted by atomic mass is 16.1. The van der Waals surface area contributed by atoms with Crippen LogP contribution >= 0.6 is 0 Å². The minimum Gasteiger partial charge on any atom is -0.303 e. The molecule has 1 unspecified atom stereocenters. The third-order valence-electron chi connectivity index (χ3n) is 4.67. The molecular weight excluding hydrogens is 212 g/mol. The molecule has 2 aliphatic carbocycles. The summed E-state index contributed by atoms with van der Waals surface area (Å²) in [6.45, 7) is 6.55. The van der Waals surface area contributed by atoms with Crippen LogP contribution in [0.15, 0.2) is 11.1 Å². The molecule has 17 heavy (non-hydrogen) atoms. The topological polar surface area (TPSA) is 34.1 Å². The minimum atomic E-state index is -0.354. The van der Waals surface area contributed by atoms with Crippen molar-refractivity contribution >= 4 is 12.6 Å². The predicted octanol–water partition coefficient (Wildman–Crippen LogP) is 3.31. The van der Waals surface area contributed by atoms with Gasteiger partial charge in [0.05, 0.1) is 0 Å². The lowest BCUT2D eigenvalue weighted by Crippen LogP contribution is -2.32. The van der Waals surface area contributed by atoms with E-state index in [1.165, 1.54) is 17.6 Å². The molecule has 0 radical (unpaired) electrons. The zero-order valence-electron chi connectivity index (χ0n) is 11.1. The van der Waals surface area contributed by atoms with Crippen molar-refractivity contribution < 1.29 is 9.59 Å². The molecule has 2 rings (SSSR count). The molecule has 0 aromatic rings. The molecule has 0 heterocycles. The Bertz CT molecular complexity index is 372. The quantitative estimate of drug-likeness (QED) is 0.552. The van der Waals surface area contributed by atoms with Crippen LogP contribution in [0.3, 0.4) is 0 Å². The Hall–Kier alpha value is -0.920. The van der Waals surface area contributed by atoms with Crippen LogP contribution in [-0.2, 0) is 9.59 Å². The van der Waals surface area contributed by atoms with Gasteiger partial charge in [-0.3, -0.25) is 0 Å². The van der Waals surface area contributed by atoms with Gasteiger partial charge in [-0.2, -0.15) is 0 Å². The molecule has 0 spiro atoms. The number of allylic oxidation sites excluding steroid dienone is 2. The zero-order valence-corrected chi connectivity index (χ0v) is 11.1. The van der Waals surface area contributed by atoms with Gasteiger partial charge in [0, 0.05) is 11.3 Å². The number of carbonyl (C=O) groups excluding carboxylic acids is 2. The average molecular weight is 234 g/mol. The van der Waals surface area contributed by atoms with Crippen molar-refractivity contribution in [2.75, 3.05) is 0 Å². The van der Waals surface area contributed by atoms with E-state index >= 15 is 0 Å². The molecule has 1 fully saturated rings. The predicted molar refractivity (Wildman–Crippen MR) is 67.6 cm³/mol. The molecule has 2 aliphatic rings. The third kappa shape index (κ3) is 1.98. The van der Waals surface area contributed by atoms with Gasteiger partial charge in [0.1, 0.15) is 12.6 Å². The van der Waals surface area contributed by atoms with Gasteiger partial charge in [-0.05, 0) is 44.4 Å². The fourth-order valence-electron chi connectivity index (χ4n) is 3.47. The van der Waals surface area contributed by atoms with Gasteiger partial charge in [-0.25, -0.2) is 0 Å². The maximum atomic E-state index is 11.5. The second-order valence-electron chi connectivity index (χ2n) is 6.40. The highest BCUT2D eigenvalue weighted by Gasteiger charge is 2.53. The molecule has 0 amide bonds. The first kappa shape index (κ1) is 12.5. The van der Waals surface area contributed by atoms with E-state index < -0.39 is 0 Å². The van der Waals surface area contributed by atoms with Crippen molar-refractivity contribution in [3.63, 3.8) is 0 Å². The molecule has 94 valence electrons. The molecule has 2 nitrogen and oxygen atoms in total. The third-order valence-corrected chi connectivity index (χ3v) is 4.67. The number of aldehydes is 2. The summed E-state index contributed by atoms with van der Waals surface area (Å²) in [5.74, 6) is -0.171. The van der Waals surface area contributed by atoms with Crippen LogP contribution in [0.4, 0.5) is 0 Å². The summed E-state index contributed by atoms with van der Waals surface area (Å²) in [5.41, 5.74) is 2.31. The summed E-state index contributed by atoms with van der Waals surface area (Å²) in [6, 6.07) is 0. The molecule has 0 aromatic heterocycles. The van der Waals surface area contributed by atoms with Crippen molar-refractivity contribution in [2.45, 2.75) is 52.9 Å². The lowest BCUT2D eigenvalue weighted by Gasteiger charge is -2.39. The summed E-state index contributed by atoms with van der Waals surface area (Å²) in [7, 11) is 0. The fourth-order valence-corrected chi connectivity index (χ4v) is 3.47. The number of hydrogen-bond acceptors (Lipinski definition) is 2. The van der Waals surface area contributed by atoms with Crippen LogP contribution in [0.2, 0.25) is 0 Å². The SMILES string of the molecule is CC1=C(C(C=O)C2(C=O)CC2)C(C)(C)CCC1. The van der Waals surface area contributed by atoms with Crippen LogP contribution in [0.1, 0.15) is 52.9 Å². The monoisotopic (exact) mass is 234 g/mol. The molecular formula is C15H22O2. The highest BCUT2D eigenvalue weighted by molar-refractivity contribution is 5.75. The van der Waals surface area contributed by atoms with E-state index in [1.807, 2.05) is 0 Å². The largest absolute Gasteiger partial charge is 0.303 e. The first-order valence-corrected chi connectivity index (χ1v) is 6.58. The normalized spacial score (nSPS) is 27.5. The molecule has 1 saturated carbocycles. The second kappa shape index (κ2) is 4.08. The molecule has 0 bridgehead atoms. The lowest BCUT2D eigenvalue weighted by atomic mass is 9.65. The van der Waals surface area contributed by atoms with Gasteiger partial charge < -0.3 is 9.59 Å². The molecule has 0 N–H and O–H groups in total. The van der Waals surface area contributed by atoms with Crippen LogP contribution in [0.25, 0.3) is 0 Å². The van der Waals surface area contributed by atoms with Gasteiger partial charge >= 0.3 is 0 Å². The summed E-state index contributed by atoms with van der Waals surface area (Å²) in [5, 5.41) is 0. The first-order chi connectivity index (χ1) is 7.97. The lowest BCUT2D eigenvalue weighted by molar-refractivity contribution is -0.120. The Morgan fingerprint density at radius 1 is 1.18 bits per heavy atom. The van der Waals surface area contributed by atoms with Crippen molar-refractivity contribution in [3.8, 4) is 0 Å². The summed E-state index contributed by atoms with van der Waals surface area (Å²) in [4.78, 5) is 22.8. The average Bonchev–Trinajstić information content (AvgIpc) is 3.04. The zero-order chi connectivity index (χ0) is 12.7. The van der Waals surface area contributed by atoms with E-state index in [1.54, 1.807) is 0 Å². The van der Waals surface area contributed by atoms with Crippen molar-refractivity contribution in [3.05, 3.63) is 11.1 Å². The van der Waals surface area contributed by atoms with Crippen LogP contribution in [-0.4, -0.2) is 12.6 Å². The fraction of sp³-hybridized carbons (Fsp3) is 0.733. The van der Waals surface area contributed by atoms with E-state index in [0.717, 1.165) is 38.3 Å². The standard InChI is InChI=1S/C15H22O2/c1-11-5-4-6-14(2,3)13(11)12(9-16)15(10-17)7-8-15/h9-10,12H,4-8H2,1-3H3. The second-order valence-corrected chi connectivity index (χ2v) is 6.40. The van der Waals surface area contributed by atoms with E-state index in [4.69, 9.17) is 0 Å². The Morgan fingerprint density at radius 3 is 2.24 bits per heavy atom. The molecule has 0 aromatic carbocycles. The first-order valence-electron chi connectivity index (χ1n) is 6.58. The highest BCUT2D eigenvalue weighted by Crippen LogP contribution is 2.57. The Kier molecular flexibility index (Phi) is 3.01. The van der Waals surface area contributed by atoms with E-state index in [0.29, 0.717) is 0 Å². The van der Waals surface area contributed by atoms with Gasteiger partial charge in [-0.1, -0.05) is 25.0 Å². The van der Waals surface area contributed by atoms with Gasteiger partial charge in [-0.15, -0.1) is 0 Å². The van der Waals surface area contributed by atoms with E-state index in [9.17, 15) is 9.59 Å². The van der Waals surface area contributed by atoms with E-state index in [-0.39, 0.29) is 16.7 Å². The Balaban J connectivity index is 2.42. The number of hydrogen-bond donors (Lipinski definition) is 0. The minimum absolute atomic E-state index is 0.0759. The van der Waals surface area contributed by atoms with E-state index in [2.05, 4.69) is 20.8 Å². The van der Waals surface area contributed by atoms with Crippen molar-refractivity contribution in [1.29, 1.82) is 0 Å². The smallest absolute Gasteiger partial charge is 0.128 e. The van der Waals surface area contributed by atoms with Crippen LogP contribution < -0.4 is 0 Å². The summed E-state index contributed by atoms with van der Waals surface area (Å²) in [6.07, 6.45) is 7.21. The van der Waals surface area contributed by atoms with Gasteiger partial charge in [0.2, 0.25) is 0 Å². The van der Waals surface area contributed by atoms with Crippen molar-refractivity contribution in [1.82, 2.24) is 0 Å². The number of rotatable bonds is 4. The maximum absolute atomic E-state index is 11.5. The van der Waals surface area contributed by atoms with Gasteiger partial charge in [0.15, 0.2) is 0 Å². The van der Waals surface area contributed by atoms with Gasteiger partial charge in [0.25, 0.3) is 0 Å². The summed E-state index contributed by atoms with van der Waals surface area (Å²) < 4.78 is 0. The maximum Gasteiger partial charge on any atom is 0.128 e. The summed E-state index contributed by atoms with van der Waals surface area (Å²) >= 11 is 0. The molecule has 1 atom stereocenters. The Labute approximate surface area is 103 Å². The molecule has 0 aliphatic heterocycles. The molecule has 2 heteroatoms. The van der Waals surface area contributed by atoms with Crippen LogP contribution in [0, 0.1) is 16.7 Å².